The highest BCUT2D eigenvalue weighted by molar-refractivity contribution is 9.10. The van der Waals surface area contributed by atoms with E-state index in [9.17, 15) is 0 Å². The standard InChI is InChI=1S/C11H13BrN2/c1-8-3-2-4-9-7-10(12)14(6-5-13)11(8)9/h2-4,7H,5-6,13H2,1H3. The van der Waals surface area contributed by atoms with Gasteiger partial charge < -0.3 is 10.3 Å². The van der Waals surface area contributed by atoms with E-state index in [-0.39, 0.29) is 0 Å². The molecule has 0 saturated heterocycles. The minimum Gasteiger partial charge on any atom is -0.334 e. The number of nitrogens with zero attached hydrogens (tertiary/aromatic N) is 1. The molecular formula is C11H13BrN2. The van der Waals surface area contributed by atoms with E-state index < -0.39 is 0 Å². The molecule has 2 aromatic rings. The lowest BCUT2D eigenvalue weighted by Crippen LogP contribution is -2.10. The second-order valence-corrected chi connectivity index (χ2v) is 4.23. The zero-order chi connectivity index (χ0) is 10.1. The molecule has 2 N–H and O–H groups in total. The summed E-state index contributed by atoms with van der Waals surface area (Å²) in [6.07, 6.45) is 0. The number of rotatable bonds is 2. The van der Waals surface area contributed by atoms with Crippen molar-refractivity contribution in [3.8, 4) is 0 Å². The molecule has 1 heterocycles. The Balaban J connectivity index is 2.73. The molecule has 0 fully saturated rings. The van der Waals surface area contributed by atoms with Crippen LogP contribution in [0.1, 0.15) is 5.56 Å². The Kier molecular flexibility index (Phi) is 2.61. The molecule has 1 aromatic carbocycles. The third-order valence-electron chi connectivity index (χ3n) is 2.42. The second kappa shape index (κ2) is 3.75. The van der Waals surface area contributed by atoms with Crippen molar-refractivity contribution in [2.75, 3.05) is 6.54 Å². The van der Waals surface area contributed by atoms with Crippen molar-refractivity contribution in [2.24, 2.45) is 5.73 Å². The zero-order valence-corrected chi connectivity index (χ0v) is 9.71. The molecule has 14 heavy (non-hydrogen) atoms. The van der Waals surface area contributed by atoms with Crippen LogP contribution < -0.4 is 5.73 Å². The molecule has 0 radical (unpaired) electrons. The fourth-order valence-corrected chi connectivity index (χ4v) is 2.43. The van der Waals surface area contributed by atoms with Crippen LogP contribution in [0.5, 0.6) is 0 Å². The summed E-state index contributed by atoms with van der Waals surface area (Å²) in [6, 6.07) is 8.47. The van der Waals surface area contributed by atoms with Crippen LogP contribution in [0.15, 0.2) is 28.9 Å². The van der Waals surface area contributed by atoms with Crippen LogP contribution in [0, 0.1) is 6.92 Å². The Bertz CT molecular complexity index is 460. The quantitative estimate of drug-likeness (QED) is 0.876. The smallest absolute Gasteiger partial charge is 0.0857 e. The normalized spacial score (nSPS) is 11.1. The lowest BCUT2D eigenvalue weighted by atomic mass is 10.2. The van der Waals surface area contributed by atoms with Crippen molar-refractivity contribution >= 4 is 26.8 Å². The average Bonchev–Trinajstić information content (AvgIpc) is 2.45. The zero-order valence-electron chi connectivity index (χ0n) is 8.13. The average molecular weight is 253 g/mol. The van der Waals surface area contributed by atoms with Gasteiger partial charge in [-0.2, -0.15) is 0 Å². The first-order valence-electron chi connectivity index (χ1n) is 4.68. The Morgan fingerprint density at radius 3 is 2.93 bits per heavy atom. The van der Waals surface area contributed by atoms with Gasteiger partial charge in [-0.25, -0.2) is 0 Å². The maximum atomic E-state index is 5.59. The van der Waals surface area contributed by atoms with Gasteiger partial charge in [-0.3, -0.25) is 0 Å². The summed E-state index contributed by atoms with van der Waals surface area (Å²) in [4.78, 5) is 0. The predicted octanol–water partition coefficient (Wildman–Crippen LogP) is 2.67. The van der Waals surface area contributed by atoms with Crippen molar-refractivity contribution in [1.82, 2.24) is 4.57 Å². The summed E-state index contributed by atoms with van der Waals surface area (Å²) < 4.78 is 3.32. The van der Waals surface area contributed by atoms with E-state index >= 15 is 0 Å². The van der Waals surface area contributed by atoms with Gasteiger partial charge in [-0.05, 0) is 34.5 Å². The Hall–Kier alpha value is -0.800. The van der Waals surface area contributed by atoms with E-state index in [0.717, 1.165) is 11.1 Å². The molecule has 1 aromatic heterocycles. The van der Waals surface area contributed by atoms with Crippen LogP contribution in [0.25, 0.3) is 10.9 Å². The summed E-state index contributed by atoms with van der Waals surface area (Å²) in [5.74, 6) is 0. The van der Waals surface area contributed by atoms with Crippen LogP contribution in [0.3, 0.4) is 0 Å². The van der Waals surface area contributed by atoms with Gasteiger partial charge >= 0.3 is 0 Å². The molecule has 0 bridgehead atoms. The van der Waals surface area contributed by atoms with Crippen molar-refractivity contribution in [3.63, 3.8) is 0 Å². The lowest BCUT2D eigenvalue weighted by molar-refractivity contribution is 0.720. The van der Waals surface area contributed by atoms with Crippen LogP contribution in [-0.4, -0.2) is 11.1 Å². The van der Waals surface area contributed by atoms with E-state index in [1.165, 1.54) is 16.5 Å². The molecule has 2 nitrogen and oxygen atoms in total. The highest BCUT2D eigenvalue weighted by Gasteiger charge is 2.07. The lowest BCUT2D eigenvalue weighted by Gasteiger charge is -2.06. The molecule has 0 spiro atoms. The van der Waals surface area contributed by atoms with E-state index in [1.54, 1.807) is 0 Å². The molecule has 0 atom stereocenters. The van der Waals surface area contributed by atoms with Gasteiger partial charge in [-0.15, -0.1) is 0 Å². The van der Waals surface area contributed by atoms with E-state index in [0.29, 0.717) is 6.54 Å². The topological polar surface area (TPSA) is 30.9 Å². The first-order chi connectivity index (χ1) is 6.74. The van der Waals surface area contributed by atoms with Crippen LogP contribution in [0.4, 0.5) is 0 Å². The number of fused-ring (bicyclic) bond motifs is 1. The molecule has 0 amide bonds. The Morgan fingerprint density at radius 1 is 1.43 bits per heavy atom. The molecule has 0 saturated carbocycles. The minimum atomic E-state index is 0.663. The minimum absolute atomic E-state index is 0.663. The van der Waals surface area contributed by atoms with Crippen molar-refractivity contribution in [1.29, 1.82) is 0 Å². The SMILES string of the molecule is Cc1cccc2cc(Br)n(CCN)c12. The maximum Gasteiger partial charge on any atom is 0.0857 e. The number of hydrogen-bond donors (Lipinski definition) is 1. The highest BCUT2D eigenvalue weighted by atomic mass is 79.9. The third kappa shape index (κ3) is 1.47. The number of nitrogens with two attached hydrogens (primary N) is 1. The third-order valence-corrected chi connectivity index (χ3v) is 3.08. The summed E-state index contributed by atoms with van der Waals surface area (Å²) in [6.45, 7) is 3.65. The van der Waals surface area contributed by atoms with Crippen LogP contribution in [0.2, 0.25) is 0 Å². The molecule has 2 rings (SSSR count). The molecule has 0 aliphatic heterocycles. The monoisotopic (exact) mass is 252 g/mol. The van der Waals surface area contributed by atoms with E-state index in [1.807, 2.05) is 0 Å². The van der Waals surface area contributed by atoms with Crippen LogP contribution in [-0.2, 0) is 6.54 Å². The first-order valence-corrected chi connectivity index (χ1v) is 5.48. The van der Waals surface area contributed by atoms with E-state index in [2.05, 4.69) is 51.7 Å². The molecule has 74 valence electrons. The number of benzene rings is 1. The Morgan fingerprint density at radius 2 is 2.21 bits per heavy atom. The highest BCUT2D eigenvalue weighted by Crippen LogP contribution is 2.26. The fourth-order valence-electron chi connectivity index (χ4n) is 1.83. The van der Waals surface area contributed by atoms with Crippen LogP contribution >= 0.6 is 15.9 Å². The molecular weight excluding hydrogens is 240 g/mol. The second-order valence-electron chi connectivity index (χ2n) is 3.42. The van der Waals surface area contributed by atoms with Gasteiger partial charge in [0.1, 0.15) is 0 Å². The van der Waals surface area contributed by atoms with Crippen molar-refractivity contribution < 1.29 is 0 Å². The van der Waals surface area contributed by atoms with Crippen molar-refractivity contribution in [2.45, 2.75) is 13.5 Å². The molecule has 0 aliphatic rings. The summed E-state index contributed by atoms with van der Waals surface area (Å²) in [5, 5.41) is 1.27. The molecule has 0 aliphatic carbocycles. The maximum absolute atomic E-state index is 5.59. The number of hydrogen-bond acceptors (Lipinski definition) is 1. The molecule has 3 heteroatoms. The number of para-hydroxylation sites is 1. The number of aryl methyl sites for hydroxylation is 1. The first kappa shape index (κ1) is 9.74. The predicted molar refractivity (Wildman–Crippen MR) is 63.4 cm³/mol. The van der Waals surface area contributed by atoms with Gasteiger partial charge in [0.05, 0.1) is 10.1 Å². The summed E-state index contributed by atoms with van der Waals surface area (Å²) in [5.41, 5.74) is 8.16. The van der Waals surface area contributed by atoms with Crippen molar-refractivity contribution in [3.05, 3.63) is 34.4 Å². The summed E-state index contributed by atoms with van der Waals surface area (Å²) in [7, 11) is 0. The number of aromatic nitrogens is 1. The summed E-state index contributed by atoms with van der Waals surface area (Å²) >= 11 is 3.55. The fraction of sp³-hybridized carbons (Fsp3) is 0.273. The van der Waals surface area contributed by atoms with E-state index in [4.69, 9.17) is 5.73 Å². The van der Waals surface area contributed by atoms with Gasteiger partial charge in [0.15, 0.2) is 0 Å². The van der Waals surface area contributed by atoms with Gasteiger partial charge in [-0.1, -0.05) is 18.2 Å². The Labute approximate surface area is 91.8 Å². The van der Waals surface area contributed by atoms with Gasteiger partial charge in [0, 0.05) is 18.5 Å². The number of halogens is 1. The van der Waals surface area contributed by atoms with Gasteiger partial charge in [0.2, 0.25) is 0 Å². The van der Waals surface area contributed by atoms with Gasteiger partial charge in [0.25, 0.3) is 0 Å². The molecule has 0 unspecified atom stereocenters. The largest absolute Gasteiger partial charge is 0.334 e.